The molecule has 8 bridgehead atoms. The highest BCUT2D eigenvalue weighted by molar-refractivity contribution is 6.07. The Morgan fingerprint density at radius 3 is 0.569 bits per heavy atom. The highest BCUT2D eigenvalue weighted by atomic mass is 16.3. The first kappa shape index (κ1) is 56.9. The lowest BCUT2D eigenvalue weighted by atomic mass is 9.85. The van der Waals surface area contributed by atoms with Crippen molar-refractivity contribution in [2.24, 2.45) is 20.0 Å². The predicted octanol–water partition coefficient (Wildman–Crippen LogP) is 15.4. The van der Waals surface area contributed by atoms with Crippen LogP contribution in [0, 0.1) is 0 Å². The molecule has 0 unspecified atom stereocenters. The van der Waals surface area contributed by atoms with Crippen molar-refractivity contribution < 1.29 is 40.9 Å². The maximum Gasteiger partial charge on any atom is 0.136 e. The number of unbranched alkanes of at least 4 members (excludes halogenated alkanes) is 20. The summed E-state index contributed by atoms with van der Waals surface area (Å²) >= 11 is 0. The van der Waals surface area contributed by atoms with E-state index in [-0.39, 0.29) is 66.8 Å². The molecule has 4 aromatic carbocycles. The van der Waals surface area contributed by atoms with Gasteiger partial charge in [0.1, 0.15) is 46.0 Å². The Morgan fingerprint density at radius 1 is 0.250 bits per heavy atom. The van der Waals surface area contributed by atoms with E-state index in [9.17, 15) is 40.9 Å². The second-order valence-corrected chi connectivity index (χ2v) is 19.5. The summed E-state index contributed by atoms with van der Waals surface area (Å²) in [5, 5.41) is 97.9. The van der Waals surface area contributed by atoms with Crippen LogP contribution in [-0.4, -0.2) is 91.9 Å². The third kappa shape index (κ3) is 15.0. The van der Waals surface area contributed by atoms with Gasteiger partial charge in [-0.2, -0.15) is 0 Å². The first-order valence-corrected chi connectivity index (χ1v) is 27.4. The third-order valence-corrected chi connectivity index (χ3v) is 13.8. The van der Waals surface area contributed by atoms with Crippen molar-refractivity contribution in [3.63, 3.8) is 0 Å². The van der Waals surface area contributed by atoms with Crippen LogP contribution in [0.3, 0.4) is 0 Å². The Morgan fingerprint density at radius 2 is 0.403 bits per heavy atom. The van der Waals surface area contributed by atoms with Crippen molar-refractivity contribution in [2.45, 2.75) is 182 Å². The van der Waals surface area contributed by atoms with Crippen LogP contribution in [0.5, 0.6) is 46.0 Å². The summed E-state index contributed by atoms with van der Waals surface area (Å²) in [5.74, 6) is -3.45. The fourth-order valence-corrected chi connectivity index (χ4v) is 9.42. The number of fused-ring (bicyclic) bond motifs is 12. The van der Waals surface area contributed by atoms with Crippen molar-refractivity contribution in [1.82, 2.24) is 0 Å². The first-order valence-electron chi connectivity index (χ1n) is 27.4. The van der Waals surface area contributed by atoms with Crippen LogP contribution in [-0.2, 0) is 0 Å². The molecule has 1 aliphatic carbocycles. The molecule has 12 nitrogen and oxygen atoms in total. The Bertz CT molecular complexity index is 2050. The summed E-state index contributed by atoms with van der Waals surface area (Å²) in [5.41, 5.74) is -0.227. The number of hydrogen-bond acceptors (Lipinski definition) is 12. The fraction of sp³-hybridized carbons (Fsp3) is 0.533. The molecule has 0 fully saturated rings. The maximum atomic E-state index is 12.2. The molecule has 72 heavy (non-hydrogen) atoms. The van der Waals surface area contributed by atoms with E-state index in [0.717, 1.165) is 154 Å². The van der Waals surface area contributed by atoms with Gasteiger partial charge in [0.05, 0.1) is 22.3 Å². The van der Waals surface area contributed by atoms with Crippen LogP contribution in [0.1, 0.15) is 204 Å². The summed E-state index contributed by atoms with van der Waals surface area (Å²) in [6.07, 6.45) is 30.6. The predicted molar refractivity (Wildman–Crippen MR) is 298 cm³/mol. The molecule has 0 aromatic heterocycles. The van der Waals surface area contributed by atoms with Crippen molar-refractivity contribution in [3.05, 3.63) is 46.5 Å². The van der Waals surface area contributed by atoms with Crippen LogP contribution in [0.2, 0.25) is 0 Å². The van der Waals surface area contributed by atoms with Crippen LogP contribution >= 0.6 is 0 Å². The molecular formula is C60H84N4O8. The molecule has 0 saturated carbocycles. The largest absolute Gasteiger partial charge is 0.506 e. The van der Waals surface area contributed by atoms with Gasteiger partial charge < -0.3 is 40.9 Å². The summed E-state index contributed by atoms with van der Waals surface area (Å²) in [7, 11) is 0. The second-order valence-electron chi connectivity index (χ2n) is 19.5. The number of phenols is 8. The lowest BCUT2D eigenvalue weighted by Gasteiger charge is -2.23. The van der Waals surface area contributed by atoms with Gasteiger partial charge in [-0.15, -0.1) is 0 Å². The summed E-state index contributed by atoms with van der Waals surface area (Å²) in [6, 6.07) is 5.69. The van der Waals surface area contributed by atoms with Crippen LogP contribution in [0.25, 0.3) is 44.5 Å². The number of aliphatic imine (C=N–C) groups is 4. The van der Waals surface area contributed by atoms with Crippen molar-refractivity contribution in [1.29, 1.82) is 0 Å². The maximum absolute atomic E-state index is 12.2. The number of benzene rings is 4. The van der Waals surface area contributed by atoms with E-state index in [2.05, 4.69) is 47.7 Å². The molecule has 0 aliphatic heterocycles. The van der Waals surface area contributed by atoms with E-state index in [0.29, 0.717) is 26.2 Å². The molecule has 1 aliphatic rings. The van der Waals surface area contributed by atoms with Gasteiger partial charge >= 0.3 is 0 Å². The smallest absolute Gasteiger partial charge is 0.136 e. The van der Waals surface area contributed by atoms with E-state index in [1.54, 1.807) is 0 Å². The van der Waals surface area contributed by atoms with Gasteiger partial charge in [0, 0.05) is 95.5 Å². The lowest BCUT2D eigenvalue weighted by molar-refractivity contribution is 0.440. The molecule has 0 atom stereocenters. The zero-order chi connectivity index (χ0) is 51.8. The normalized spacial score (nSPS) is 12.3. The van der Waals surface area contributed by atoms with Gasteiger partial charge in [-0.3, -0.25) is 20.0 Å². The van der Waals surface area contributed by atoms with Crippen LogP contribution in [0.15, 0.2) is 44.2 Å². The van der Waals surface area contributed by atoms with Gasteiger partial charge in [0.15, 0.2) is 0 Å². The topological polar surface area (TPSA) is 211 Å². The zero-order valence-electron chi connectivity index (χ0n) is 43.8. The second kappa shape index (κ2) is 30.1. The Kier molecular flexibility index (Phi) is 23.8. The minimum Gasteiger partial charge on any atom is -0.506 e. The van der Waals surface area contributed by atoms with Crippen molar-refractivity contribution in [2.75, 3.05) is 26.2 Å². The number of aromatic hydroxyl groups is 8. The van der Waals surface area contributed by atoms with Gasteiger partial charge in [-0.1, -0.05) is 156 Å². The number of phenolic OH excluding ortho intramolecular Hbond substituents is 8. The highest BCUT2D eigenvalue weighted by Crippen LogP contribution is 2.56. The molecule has 0 saturated heterocycles. The molecule has 4 aromatic rings. The van der Waals surface area contributed by atoms with E-state index in [4.69, 9.17) is 0 Å². The number of hydrogen-bond donors (Lipinski definition) is 8. The van der Waals surface area contributed by atoms with Crippen molar-refractivity contribution in [3.8, 4) is 90.5 Å². The average molecular weight is 989 g/mol. The molecule has 0 amide bonds. The molecular weight excluding hydrogens is 905 g/mol. The molecule has 0 heterocycles. The Hall–Kier alpha value is -6.04. The zero-order valence-corrected chi connectivity index (χ0v) is 43.8. The highest BCUT2D eigenvalue weighted by Gasteiger charge is 2.31. The van der Waals surface area contributed by atoms with Gasteiger partial charge in [0.2, 0.25) is 0 Å². The van der Waals surface area contributed by atoms with Crippen LogP contribution < -0.4 is 0 Å². The number of nitrogens with zero attached hydrogens (tertiary/aromatic N) is 4. The van der Waals surface area contributed by atoms with E-state index < -0.39 is 46.0 Å². The SMILES string of the molecule is CCCCCCCCN=Cc1c(O)c2cc(c1O)-c1cc(c(O)c(C=NCCCCCCCC)c1O)-c1cc(c(O)c(C=NCCCCCCCC)c1O)-c1cc-2c(O)c(C=NCCCCCCCC)c1O. The monoisotopic (exact) mass is 989 g/mol. The minimum atomic E-state index is -0.431. The molecule has 5 rings (SSSR count). The van der Waals surface area contributed by atoms with E-state index in [1.807, 2.05) is 0 Å². The molecule has 8 N–H and O–H groups in total. The van der Waals surface area contributed by atoms with Crippen LogP contribution in [0.4, 0.5) is 0 Å². The van der Waals surface area contributed by atoms with Crippen molar-refractivity contribution >= 4 is 24.9 Å². The van der Waals surface area contributed by atoms with Gasteiger partial charge in [-0.25, -0.2) is 0 Å². The molecule has 12 heteroatoms. The Labute approximate surface area is 429 Å². The molecule has 392 valence electrons. The third-order valence-electron chi connectivity index (χ3n) is 13.8. The van der Waals surface area contributed by atoms with E-state index >= 15 is 0 Å². The summed E-state index contributed by atoms with van der Waals surface area (Å²) in [6.45, 7) is 10.4. The summed E-state index contributed by atoms with van der Waals surface area (Å²) in [4.78, 5) is 18.5. The average Bonchev–Trinajstić information content (AvgIpc) is 3.36. The Balaban J connectivity index is 1.79. The molecule has 0 radical (unpaired) electrons. The lowest BCUT2D eigenvalue weighted by Crippen LogP contribution is -2.00. The van der Waals surface area contributed by atoms with Gasteiger partial charge in [0.25, 0.3) is 0 Å². The standard InChI is InChI=1S/C60H84N4O8/c1-5-9-13-17-21-25-29-61-37-49-53(65)41-33-42(54(49)66)44-35-46(58(70)51(56(44)68)39-63-31-27-23-19-15-11-7-3)48-36-47(59(71)52(60(48)72)40-64-32-28-24-20-16-12-8-4)45-34-43(41)55(67)50(57(45)69)38-62-30-26-22-18-14-10-6-2/h33-40,65-72H,5-32H2,1-4H3. The summed E-state index contributed by atoms with van der Waals surface area (Å²) < 4.78 is 0. The first-order chi connectivity index (χ1) is 35.0. The number of rotatable bonds is 32. The molecule has 0 spiro atoms. The minimum absolute atomic E-state index is 0.0141. The van der Waals surface area contributed by atoms with E-state index in [1.165, 1.54) is 49.1 Å². The fourth-order valence-electron chi connectivity index (χ4n) is 9.42. The quantitative estimate of drug-likeness (QED) is 0.0153. The van der Waals surface area contributed by atoms with Gasteiger partial charge in [-0.05, 0) is 49.9 Å².